The molecule has 2 N–H and O–H groups in total. The summed E-state index contributed by atoms with van der Waals surface area (Å²) in [6, 6.07) is 24.9. The van der Waals surface area contributed by atoms with Crippen molar-refractivity contribution in [3.05, 3.63) is 107 Å². The summed E-state index contributed by atoms with van der Waals surface area (Å²) in [5, 5.41) is 12.7. The lowest BCUT2D eigenvalue weighted by atomic mass is 9.98. The lowest BCUT2D eigenvalue weighted by molar-refractivity contribution is -0.120. The minimum atomic E-state index is -1.17. The van der Waals surface area contributed by atoms with Crippen LogP contribution in [0.5, 0.6) is 0 Å². The van der Waals surface area contributed by atoms with E-state index in [4.69, 9.17) is 4.74 Å². The van der Waals surface area contributed by atoms with Gasteiger partial charge in [0.2, 0.25) is 0 Å². The number of benzene rings is 3. The molecule has 5 rings (SSSR count). The molecule has 1 heterocycles. The summed E-state index contributed by atoms with van der Waals surface area (Å²) in [5.41, 5.74) is 5.75. The number of amides is 2. The highest BCUT2D eigenvalue weighted by Crippen LogP contribution is 2.44. The number of aromatic carboxylic acids is 1. The number of fused-ring (bicyclic) bond motifs is 3. The van der Waals surface area contributed by atoms with Crippen LogP contribution in [0.4, 0.5) is 9.80 Å². The highest BCUT2D eigenvalue weighted by Gasteiger charge is 2.32. The average molecular weight is 585 g/mol. The Morgan fingerprint density at radius 2 is 1.55 bits per heavy atom. The van der Waals surface area contributed by atoms with Crippen molar-refractivity contribution in [3.63, 3.8) is 0 Å². The van der Waals surface area contributed by atoms with Crippen LogP contribution >= 0.6 is 11.5 Å². The van der Waals surface area contributed by atoms with Gasteiger partial charge in [-0.15, -0.1) is 0 Å². The summed E-state index contributed by atoms with van der Waals surface area (Å²) in [5.74, 6) is -1.77. The van der Waals surface area contributed by atoms with Crippen LogP contribution < -0.4 is 10.2 Å². The molecule has 1 aliphatic carbocycles. The zero-order valence-corrected chi connectivity index (χ0v) is 24.4. The van der Waals surface area contributed by atoms with Gasteiger partial charge in [0, 0.05) is 26.1 Å². The quantitative estimate of drug-likeness (QED) is 0.265. The zero-order chi connectivity index (χ0) is 29.8. The first-order chi connectivity index (χ1) is 20.2. The van der Waals surface area contributed by atoms with Gasteiger partial charge in [0.1, 0.15) is 23.2 Å². The van der Waals surface area contributed by atoms with Crippen molar-refractivity contribution >= 4 is 34.5 Å². The second kappa shape index (κ2) is 12.5. The maximum Gasteiger partial charge on any atom is 0.407 e. The third-order valence-electron chi connectivity index (χ3n) is 7.42. The molecule has 1 atom stereocenters. The maximum absolute atomic E-state index is 13.8. The molecular formula is C32H32N4O5S. The molecule has 0 fully saturated rings. The van der Waals surface area contributed by atoms with Gasteiger partial charge >= 0.3 is 12.1 Å². The van der Waals surface area contributed by atoms with Crippen LogP contribution in [-0.2, 0) is 16.1 Å². The summed E-state index contributed by atoms with van der Waals surface area (Å²) < 4.78 is 9.86. The Bertz CT molecular complexity index is 1560. The molecule has 3 aromatic carbocycles. The number of hydrogen-bond acceptors (Lipinski definition) is 7. The number of aromatic nitrogens is 1. The minimum absolute atomic E-state index is 0.0339. The van der Waals surface area contributed by atoms with Crippen molar-refractivity contribution in [2.45, 2.75) is 25.4 Å². The largest absolute Gasteiger partial charge is 0.478 e. The SMILES string of the molecule is Cc1nsc(N(C)C(=O)C(CN(C)Cc2ccccc2)NC(=O)OCC2c3ccccc3-c3ccccc32)c1C(=O)O. The van der Waals surface area contributed by atoms with E-state index in [0.717, 1.165) is 39.3 Å². The summed E-state index contributed by atoms with van der Waals surface area (Å²) >= 11 is 0.929. The Hall–Kier alpha value is -4.54. The van der Waals surface area contributed by atoms with Crippen molar-refractivity contribution in [2.75, 3.05) is 32.1 Å². The van der Waals surface area contributed by atoms with Crippen LogP contribution in [0.2, 0.25) is 0 Å². The van der Waals surface area contributed by atoms with Gasteiger partial charge in [-0.3, -0.25) is 9.69 Å². The minimum Gasteiger partial charge on any atom is -0.478 e. The first-order valence-electron chi connectivity index (χ1n) is 13.6. The maximum atomic E-state index is 13.8. The van der Waals surface area contributed by atoms with E-state index in [-0.39, 0.29) is 29.6 Å². The van der Waals surface area contributed by atoms with E-state index >= 15 is 0 Å². The van der Waals surface area contributed by atoms with Crippen molar-refractivity contribution < 1.29 is 24.2 Å². The fourth-order valence-electron chi connectivity index (χ4n) is 5.41. The number of anilines is 1. The lowest BCUT2D eigenvalue weighted by Gasteiger charge is -2.27. The topological polar surface area (TPSA) is 112 Å². The fraction of sp³-hybridized carbons (Fsp3) is 0.250. The number of rotatable bonds is 10. The van der Waals surface area contributed by atoms with E-state index in [0.29, 0.717) is 12.2 Å². The number of hydrogen-bond donors (Lipinski definition) is 2. The predicted molar refractivity (Wildman–Crippen MR) is 162 cm³/mol. The lowest BCUT2D eigenvalue weighted by Crippen LogP contribution is -2.52. The van der Waals surface area contributed by atoms with Gasteiger partial charge in [-0.2, -0.15) is 4.37 Å². The molecule has 216 valence electrons. The number of aryl methyl sites for hydroxylation is 1. The Kier molecular flexibility index (Phi) is 8.65. The van der Waals surface area contributed by atoms with Crippen LogP contribution in [0.1, 0.15) is 38.7 Å². The molecule has 1 unspecified atom stereocenters. The number of ether oxygens (including phenoxy) is 1. The third-order valence-corrected chi connectivity index (χ3v) is 8.43. The molecule has 42 heavy (non-hydrogen) atoms. The molecule has 2 amide bonds. The van der Waals surface area contributed by atoms with Gasteiger partial charge in [0.05, 0.1) is 5.69 Å². The number of carboxylic acid groups (broad SMARTS) is 1. The summed E-state index contributed by atoms with van der Waals surface area (Å²) in [6.07, 6.45) is -0.726. The number of carbonyl (C=O) groups excluding carboxylic acids is 2. The normalized spacial score (nSPS) is 12.9. The molecule has 1 aliphatic rings. The third kappa shape index (κ3) is 6.05. The Labute approximate surface area is 248 Å². The first kappa shape index (κ1) is 29.0. The first-order valence-corrected chi connectivity index (χ1v) is 14.3. The van der Waals surface area contributed by atoms with E-state index < -0.39 is 24.0 Å². The fourth-order valence-corrected chi connectivity index (χ4v) is 6.26. The molecule has 10 heteroatoms. The number of carbonyl (C=O) groups is 3. The van der Waals surface area contributed by atoms with E-state index in [9.17, 15) is 19.5 Å². The average Bonchev–Trinajstić information content (AvgIpc) is 3.53. The standard InChI is InChI=1S/C32H32N4O5S/c1-20-28(31(38)39)30(42-34-20)36(3)29(37)27(18-35(2)17-21-11-5-4-6-12-21)33-32(40)41-19-26-24-15-9-7-13-22(24)23-14-8-10-16-25(23)26/h4-16,26-27H,17-19H2,1-3H3,(H,33,40)(H,38,39). The van der Waals surface area contributed by atoms with Crippen LogP contribution in [0.3, 0.4) is 0 Å². The second-order valence-corrected chi connectivity index (χ2v) is 11.1. The molecule has 0 radical (unpaired) electrons. The predicted octanol–water partition coefficient (Wildman–Crippen LogP) is 5.15. The van der Waals surface area contributed by atoms with E-state index in [1.54, 1.807) is 6.92 Å². The molecule has 0 saturated carbocycles. The van der Waals surface area contributed by atoms with Crippen LogP contribution in [-0.4, -0.2) is 65.6 Å². The highest BCUT2D eigenvalue weighted by atomic mass is 32.1. The molecule has 4 aromatic rings. The van der Waals surface area contributed by atoms with E-state index in [1.165, 1.54) is 11.9 Å². The molecule has 0 aliphatic heterocycles. The molecule has 0 saturated heterocycles. The van der Waals surface area contributed by atoms with Gasteiger partial charge in [0.25, 0.3) is 5.91 Å². The number of nitrogens with one attached hydrogen (secondary N) is 1. The van der Waals surface area contributed by atoms with Crippen molar-refractivity contribution in [2.24, 2.45) is 0 Å². The Balaban J connectivity index is 1.33. The zero-order valence-electron chi connectivity index (χ0n) is 23.6. The van der Waals surface area contributed by atoms with Crippen molar-refractivity contribution in [1.29, 1.82) is 0 Å². The van der Waals surface area contributed by atoms with Crippen molar-refractivity contribution in [1.82, 2.24) is 14.6 Å². The summed E-state index contributed by atoms with van der Waals surface area (Å²) in [4.78, 5) is 42.0. The monoisotopic (exact) mass is 584 g/mol. The van der Waals surface area contributed by atoms with Crippen LogP contribution in [0.15, 0.2) is 78.9 Å². The summed E-state index contributed by atoms with van der Waals surface area (Å²) in [6.45, 7) is 2.40. The van der Waals surface area contributed by atoms with Crippen LogP contribution in [0.25, 0.3) is 11.1 Å². The Morgan fingerprint density at radius 1 is 0.952 bits per heavy atom. The van der Waals surface area contributed by atoms with Gasteiger partial charge in [0.15, 0.2) is 0 Å². The van der Waals surface area contributed by atoms with Crippen LogP contribution in [0, 0.1) is 6.92 Å². The molecular weight excluding hydrogens is 552 g/mol. The van der Waals surface area contributed by atoms with Gasteiger partial charge in [-0.1, -0.05) is 78.9 Å². The van der Waals surface area contributed by atoms with E-state index in [1.807, 2.05) is 78.7 Å². The van der Waals surface area contributed by atoms with Gasteiger partial charge in [-0.25, -0.2) is 9.59 Å². The number of alkyl carbamates (subject to hydrolysis) is 1. The number of nitrogens with zero attached hydrogens (tertiary/aromatic N) is 3. The molecule has 9 nitrogen and oxygen atoms in total. The summed E-state index contributed by atoms with van der Waals surface area (Å²) in [7, 11) is 3.34. The molecule has 1 aromatic heterocycles. The number of carboxylic acids is 1. The van der Waals surface area contributed by atoms with Gasteiger partial charge in [-0.05, 0) is 53.3 Å². The second-order valence-electron chi connectivity index (χ2n) is 10.4. The molecule has 0 bridgehead atoms. The Morgan fingerprint density at radius 3 is 2.17 bits per heavy atom. The van der Waals surface area contributed by atoms with E-state index in [2.05, 4.69) is 21.8 Å². The van der Waals surface area contributed by atoms with Gasteiger partial charge < -0.3 is 20.1 Å². The smallest absolute Gasteiger partial charge is 0.407 e. The highest BCUT2D eigenvalue weighted by molar-refractivity contribution is 7.11. The number of likely N-dealkylation sites (N-methyl/N-ethyl adjacent to an activating group) is 2. The van der Waals surface area contributed by atoms with Crippen molar-refractivity contribution in [3.8, 4) is 11.1 Å². The molecule has 0 spiro atoms.